The van der Waals surface area contributed by atoms with Gasteiger partial charge in [0.1, 0.15) is 11.9 Å². The van der Waals surface area contributed by atoms with E-state index in [1.165, 1.54) is 0 Å². The van der Waals surface area contributed by atoms with Crippen LogP contribution in [0.4, 0.5) is 5.69 Å². The Hall–Kier alpha value is -2.86. The molecule has 0 fully saturated rings. The number of nitrogens with one attached hydrogen (secondary N) is 1. The molecule has 0 saturated carbocycles. The second kappa shape index (κ2) is 7.40. The molecule has 1 aliphatic heterocycles. The lowest BCUT2D eigenvalue weighted by Crippen LogP contribution is -2.44. The monoisotopic (exact) mass is 379 g/mol. The Labute approximate surface area is 162 Å². The van der Waals surface area contributed by atoms with Crippen molar-refractivity contribution in [2.75, 3.05) is 19.0 Å². The van der Waals surface area contributed by atoms with Gasteiger partial charge in [0.05, 0.1) is 23.4 Å². The molecule has 6 heteroatoms. The number of aryl methyl sites for hydroxylation is 1. The minimum atomic E-state index is -0.254. The molecule has 5 nitrogen and oxygen atoms in total. The highest BCUT2D eigenvalue weighted by Gasteiger charge is 2.33. The number of ether oxygens (including phenoxy) is 1. The van der Waals surface area contributed by atoms with E-state index in [0.717, 1.165) is 34.1 Å². The molecule has 1 N–H and O–H groups in total. The molecule has 2 aromatic carbocycles. The van der Waals surface area contributed by atoms with E-state index in [1.54, 1.807) is 18.4 Å². The lowest BCUT2D eigenvalue weighted by atomic mass is 10.0. The normalized spacial score (nSPS) is 16.0. The fourth-order valence-corrected chi connectivity index (χ4v) is 3.94. The van der Waals surface area contributed by atoms with Crippen molar-refractivity contribution in [3.63, 3.8) is 0 Å². The molecule has 1 aliphatic rings. The Morgan fingerprint density at radius 1 is 1.19 bits per heavy atom. The topological polar surface area (TPSA) is 54.5 Å². The van der Waals surface area contributed by atoms with Crippen molar-refractivity contribution in [2.45, 2.75) is 19.5 Å². The van der Waals surface area contributed by atoms with Crippen LogP contribution in [-0.2, 0) is 6.42 Å². The van der Waals surface area contributed by atoms with E-state index in [1.807, 2.05) is 65.7 Å². The Morgan fingerprint density at radius 2 is 1.96 bits per heavy atom. The van der Waals surface area contributed by atoms with Crippen molar-refractivity contribution < 1.29 is 9.53 Å². The summed E-state index contributed by atoms with van der Waals surface area (Å²) in [6, 6.07) is 15.6. The average molecular weight is 379 g/mol. The first-order valence-corrected chi connectivity index (χ1v) is 9.75. The maximum absolute atomic E-state index is 13.2. The lowest BCUT2D eigenvalue weighted by molar-refractivity contribution is 0.0682. The number of hydrogen-bond donors (Lipinski definition) is 1. The predicted octanol–water partition coefficient (Wildman–Crippen LogP) is 4.27. The fourth-order valence-electron chi connectivity index (χ4n) is 3.30. The number of amides is 1. The summed E-state index contributed by atoms with van der Waals surface area (Å²) in [5.41, 5.74) is 3.61. The Bertz CT molecular complexity index is 952. The summed E-state index contributed by atoms with van der Waals surface area (Å²) in [7, 11) is 1.66. The second-order valence-electron chi connectivity index (χ2n) is 6.48. The van der Waals surface area contributed by atoms with Crippen LogP contribution in [0.2, 0.25) is 0 Å². The number of carbonyl (C=O) groups is 1. The molecule has 27 heavy (non-hydrogen) atoms. The van der Waals surface area contributed by atoms with Crippen LogP contribution in [0.15, 0.2) is 53.9 Å². The zero-order chi connectivity index (χ0) is 18.8. The zero-order valence-electron chi connectivity index (χ0n) is 15.3. The summed E-state index contributed by atoms with van der Waals surface area (Å²) >= 11 is 1.60. The summed E-state index contributed by atoms with van der Waals surface area (Å²) in [4.78, 5) is 19.7. The van der Waals surface area contributed by atoms with Gasteiger partial charge in [-0.25, -0.2) is 4.98 Å². The largest absolute Gasteiger partial charge is 0.497 e. The maximum Gasteiger partial charge on any atom is 0.257 e. The number of benzene rings is 2. The van der Waals surface area contributed by atoms with E-state index in [0.29, 0.717) is 12.1 Å². The number of fused-ring (bicyclic) bond motifs is 1. The minimum absolute atomic E-state index is 0.0357. The van der Waals surface area contributed by atoms with Crippen LogP contribution in [0.3, 0.4) is 0 Å². The van der Waals surface area contributed by atoms with E-state index in [2.05, 4.69) is 10.3 Å². The Balaban J connectivity index is 1.61. The molecule has 1 amide bonds. The molecule has 2 heterocycles. The maximum atomic E-state index is 13.2. The highest BCUT2D eigenvalue weighted by atomic mass is 32.1. The Kier molecular flexibility index (Phi) is 4.81. The highest BCUT2D eigenvalue weighted by Crippen LogP contribution is 2.33. The number of carbonyl (C=O) groups excluding carboxylic acids is 1. The summed E-state index contributed by atoms with van der Waals surface area (Å²) in [5.74, 6) is 0.868. The summed E-state index contributed by atoms with van der Waals surface area (Å²) in [5, 5.41) is 6.51. The standard InChI is InChI=1S/C21H21N3O2S/c1-14-22-19(13-27-14)20-23-18-6-4-3-5-17(18)21(25)24(20)12-11-15-7-9-16(26-2)10-8-15/h3-10,13,20,23H,11-12H2,1-2H3. The molecular formula is C21H21N3O2S. The van der Waals surface area contributed by atoms with Crippen molar-refractivity contribution in [3.8, 4) is 5.75 Å². The van der Waals surface area contributed by atoms with Gasteiger partial charge in [-0.2, -0.15) is 0 Å². The smallest absolute Gasteiger partial charge is 0.257 e. The second-order valence-corrected chi connectivity index (χ2v) is 7.54. The Morgan fingerprint density at radius 3 is 2.67 bits per heavy atom. The van der Waals surface area contributed by atoms with Crippen LogP contribution >= 0.6 is 11.3 Å². The molecule has 0 spiro atoms. The molecule has 3 aromatic rings. The van der Waals surface area contributed by atoms with Gasteiger partial charge in [0.25, 0.3) is 5.91 Å². The van der Waals surface area contributed by atoms with E-state index in [4.69, 9.17) is 4.74 Å². The summed E-state index contributed by atoms with van der Waals surface area (Å²) in [6.07, 6.45) is 0.509. The van der Waals surface area contributed by atoms with Crippen LogP contribution < -0.4 is 10.1 Å². The van der Waals surface area contributed by atoms with Gasteiger partial charge in [-0.1, -0.05) is 24.3 Å². The van der Waals surface area contributed by atoms with E-state index in [9.17, 15) is 4.79 Å². The number of rotatable bonds is 5. The first-order chi connectivity index (χ1) is 13.2. The van der Waals surface area contributed by atoms with Crippen LogP contribution in [0.5, 0.6) is 5.75 Å². The molecule has 138 valence electrons. The van der Waals surface area contributed by atoms with Crippen molar-refractivity contribution in [2.24, 2.45) is 0 Å². The van der Waals surface area contributed by atoms with E-state index >= 15 is 0 Å². The van der Waals surface area contributed by atoms with Crippen LogP contribution in [0.25, 0.3) is 0 Å². The van der Waals surface area contributed by atoms with Crippen molar-refractivity contribution in [1.82, 2.24) is 9.88 Å². The van der Waals surface area contributed by atoms with Gasteiger partial charge < -0.3 is 15.0 Å². The van der Waals surface area contributed by atoms with Gasteiger partial charge in [0.15, 0.2) is 0 Å². The lowest BCUT2D eigenvalue weighted by Gasteiger charge is -2.37. The molecule has 1 atom stereocenters. The van der Waals surface area contributed by atoms with Gasteiger partial charge in [0.2, 0.25) is 0 Å². The molecule has 0 saturated heterocycles. The number of para-hydroxylation sites is 1. The van der Waals surface area contributed by atoms with E-state index in [-0.39, 0.29) is 12.1 Å². The molecule has 0 radical (unpaired) electrons. The first-order valence-electron chi connectivity index (χ1n) is 8.87. The molecular weight excluding hydrogens is 358 g/mol. The molecule has 1 unspecified atom stereocenters. The quantitative estimate of drug-likeness (QED) is 0.719. The van der Waals surface area contributed by atoms with Crippen LogP contribution in [0.1, 0.15) is 32.8 Å². The number of anilines is 1. The number of hydrogen-bond acceptors (Lipinski definition) is 5. The van der Waals surface area contributed by atoms with Crippen LogP contribution in [-0.4, -0.2) is 29.4 Å². The molecule has 0 bridgehead atoms. The van der Waals surface area contributed by atoms with Gasteiger partial charge in [-0.05, 0) is 43.2 Å². The number of methoxy groups -OCH3 is 1. The average Bonchev–Trinajstić information content (AvgIpc) is 3.14. The number of nitrogens with zero attached hydrogens (tertiary/aromatic N) is 2. The fraction of sp³-hybridized carbons (Fsp3) is 0.238. The molecule has 4 rings (SSSR count). The molecule has 0 aliphatic carbocycles. The van der Waals surface area contributed by atoms with Gasteiger partial charge in [-0.3, -0.25) is 4.79 Å². The third kappa shape index (κ3) is 3.53. The number of aromatic nitrogens is 1. The summed E-state index contributed by atoms with van der Waals surface area (Å²) < 4.78 is 5.22. The van der Waals surface area contributed by atoms with Crippen molar-refractivity contribution in [3.05, 3.63) is 75.7 Å². The zero-order valence-corrected chi connectivity index (χ0v) is 16.1. The van der Waals surface area contributed by atoms with Crippen molar-refractivity contribution in [1.29, 1.82) is 0 Å². The first kappa shape index (κ1) is 17.5. The van der Waals surface area contributed by atoms with E-state index < -0.39 is 0 Å². The van der Waals surface area contributed by atoms with Crippen molar-refractivity contribution >= 4 is 22.9 Å². The highest BCUT2D eigenvalue weighted by molar-refractivity contribution is 7.09. The summed E-state index contributed by atoms with van der Waals surface area (Å²) in [6.45, 7) is 2.59. The SMILES string of the molecule is COc1ccc(CCN2C(=O)c3ccccc3NC2c2csc(C)n2)cc1. The predicted molar refractivity (Wildman–Crippen MR) is 107 cm³/mol. The molecule has 1 aromatic heterocycles. The minimum Gasteiger partial charge on any atom is -0.497 e. The van der Waals surface area contributed by atoms with Gasteiger partial charge in [-0.15, -0.1) is 11.3 Å². The van der Waals surface area contributed by atoms with Gasteiger partial charge >= 0.3 is 0 Å². The third-order valence-electron chi connectivity index (χ3n) is 4.74. The van der Waals surface area contributed by atoms with Gasteiger partial charge in [0, 0.05) is 17.6 Å². The van der Waals surface area contributed by atoms with Crippen LogP contribution in [0, 0.1) is 6.92 Å². The third-order valence-corrected chi connectivity index (χ3v) is 5.53. The number of thiazole rings is 1.